The third-order valence-electron chi connectivity index (χ3n) is 8.18. The number of fused-ring (bicyclic) bond motifs is 1. The van der Waals surface area contributed by atoms with E-state index in [4.69, 9.17) is 9.47 Å². The number of rotatable bonds is 8. The highest BCUT2D eigenvalue weighted by Crippen LogP contribution is 2.48. The fraction of sp³-hybridized carbons (Fsp3) is 0.353. The molecule has 43 heavy (non-hydrogen) atoms. The fourth-order valence-electron chi connectivity index (χ4n) is 6.02. The number of carbonyl (C=O) groups is 2. The number of anilines is 2. The summed E-state index contributed by atoms with van der Waals surface area (Å²) in [4.78, 5) is 29.7. The summed E-state index contributed by atoms with van der Waals surface area (Å²) in [6, 6.07) is 16.8. The van der Waals surface area contributed by atoms with E-state index in [1.54, 1.807) is 25.2 Å². The van der Waals surface area contributed by atoms with Gasteiger partial charge in [0.15, 0.2) is 17.3 Å². The minimum atomic E-state index is -4.51. The average molecular weight is 593 g/mol. The van der Waals surface area contributed by atoms with Crippen LogP contribution in [0.25, 0.3) is 0 Å². The van der Waals surface area contributed by atoms with Crippen molar-refractivity contribution in [3.05, 3.63) is 94.7 Å². The Balaban J connectivity index is 1.65. The maximum absolute atomic E-state index is 14.2. The maximum Gasteiger partial charge on any atom is 0.416 e. The third kappa shape index (κ3) is 6.12. The molecule has 0 radical (unpaired) electrons. The summed E-state index contributed by atoms with van der Waals surface area (Å²) in [5, 5.41) is 3.46. The van der Waals surface area contributed by atoms with Crippen LogP contribution < -0.4 is 19.7 Å². The lowest BCUT2D eigenvalue weighted by atomic mass is 9.78. The van der Waals surface area contributed by atoms with Gasteiger partial charge in [0.25, 0.3) is 0 Å². The molecule has 2 atom stereocenters. The fourth-order valence-corrected chi connectivity index (χ4v) is 6.02. The number of para-hydroxylation sites is 2. The Bertz CT molecular complexity index is 1530. The van der Waals surface area contributed by atoms with Crippen molar-refractivity contribution in [2.24, 2.45) is 0 Å². The van der Waals surface area contributed by atoms with Crippen LogP contribution in [0.15, 0.2) is 78.0 Å². The van der Waals surface area contributed by atoms with E-state index in [1.807, 2.05) is 43.3 Å². The van der Waals surface area contributed by atoms with Crippen LogP contribution in [0.4, 0.5) is 24.5 Å². The van der Waals surface area contributed by atoms with Crippen LogP contribution in [0.5, 0.6) is 11.5 Å². The molecule has 2 aliphatic rings. The van der Waals surface area contributed by atoms with Crippen LogP contribution in [0.2, 0.25) is 0 Å². The minimum Gasteiger partial charge on any atom is -0.493 e. The molecule has 0 bridgehead atoms. The molecule has 1 N–H and O–H groups in total. The molecule has 0 spiro atoms. The molecule has 0 aromatic heterocycles. The Morgan fingerprint density at radius 1 is 0.930 bits per heavy atom. The zero-order valence-corrected chi connectivity index (χ0v) is 24.5. The molecule has 9 heteroatoms. The number of methoxy groups -OCH3 is 2. The Morgan fingerprint density at radius 3 is 2.30 bits per heavy atom. The van der Waals surface area contributed by atoms with Gasteiger partial charge in [0.2, 0.25) is 5.91 Å². The minimum absolute atomic E-state index is 0.168. The molecule has 0 fully saturated rings. The number of nitrogens with one attached hydrogen (secondary N) is 1. The van der Waals surface area contributed by atoms with E-state index in [0.717, 1.165) is 30.5 Å². The summed E-state index contributed by atoms with van der Waals surface area (Å²) < 4.78 is 51.3. The second kappa shape index (κ2) is 12.5. The molecule has 5 rings (SSSR count). The van der Waals surface area contributed by atoms with Crippen molar-refractivity contribution in [1.82, 2.24) is 0 Å². The van der Waals surface area contributed by atoms with Crippen LogP contribution in [0, 0.1) is 0 Å². The maximum atomic E-state index is 14.2. The molecule has 0 saturated heterocycles. The van der Waals surface area contributed by atoms with Gasteiger partial charge in [0.05, 0.1) is 37.2 Å². The summed E-state index contributed by atoms with van der Waals surface area (Å²) in [5.41, 5.74) is 2.85. The van der Waals surface area contributed by atoms with Crippen LogP contribution in [0.1, 0.15) is 74.1 Å². The van der Waals surface area contributed by atoms with Gasteiger partial charge in [0.1, 0.15) is 0 Å². The van der Waals surface area contributed by atoms with Crippen molar-refractivity contribution < 1.29 is 32.2 Å². The number of ketones is 1. The smallest absolute Gasteiger partial charge is 0.416 e. The van der Waals surface area contributed by atoms with Gasteiger partial charge >= 0.3 is 6.18 Å². The van der Waals surface area contributed by atoms with E-state index < -0.39 is 17.8 Å². The molecule has 1 amide bonds. The van der Waals surface area contributed by atoms with Crippen molar-refractivity contribution in [3.63, 3.8) is 0 Å². The van der Waals surface area contributed by atoms with E-state index in [2.05, 4.69) is 5.32 Å². The molecule has 1 aliphatic heterocycles. The number of alkyl halides is 3. The van der Waals surface area contributed by atoms with Crippen molar-refractivity contribution in [2.75, 3.05) is 24.4 Å². The monoisotopic (exact) mass is 592 g/mol. The molecule has 1 heterocycles. The molecule has 0 saturated carbocycles. The first-order chi connectivity index (χ1) is 20.7. The predicted octanol–water partition coefficient (Wildman–Crippen LogP) is 8.20. The van der Waals surface area contributed by atoms with E-state index in [9.17, 15) is 22.8 Å². The van der Waals surface area contributed by atoms with Crippen molar-refractivity contribution in [3.8, 4) is 11.5 Å². The number of hydrogen-bond acceptors (Lipinski definition) is 5. The summed E-state index contributed by atoms with van der Waals surface area (Å²) >= 11 is 0. The molecule has 226 valence electrons. The number of ether oxygens (including phenoxy) is 2. The van der Waals surface area contributed by atoms with E-state index >= 15 is 0 Å². The van der Waals surface area contributed by atoms with Crippen LogP contribution >= 0.6 is 0 Å². The zero-order chi connectivity index (χ0) is 30.7. The quantitative estimate of drug-likeness (QED) is 0.267. The average Bonchev–Trinajstić information content (AvgIpc) is 3.15. The number of unbranched alkanes of at least 4 members (excludes halogenated alkanes) is 2. The summed E-state index contributed by atoms with van der Waals surface area (Å²) in [7, 11) is 3.11. The van der Waals surface area contributed by atoms with Crippen molar-refractivity contribution >= 4 is 23.1 Å². The van der Waals surface area contributed by atoms with E-state index in [0.29, 0.717) is 52.5 Å². The predicted molar refractivity (Wildman–Crippen MR) is 159 cm³/mol. The third-order valence-corrected chi connectivity index (χ3v) is 8.18. The van der Waals surface area contributed by atoms with Gasteiger partial charge in [-0.3, -0.25) is 14.5 Å². The standard InChI is InChI=1S/C34H35F3N2O4/c1-4-5-6-11-31(41)39-27-10-8-7-9-25(27)38-26-18-23(22-14-17-29(42-2)30(20-22)43-3)19-28(40)32(26)33(39)21-12-15-24(16-13-21)34(35,36)37/h7-10,12-17,20,23,33,38H,4-6,11,18-19H2,1-3H3. The first-order valence-corrected chi connectivity index (χ1v) is 14.5. The van der Waals surface area contributed by atoms with Gasteiger partial charge in [-0.05, 0) is 66.3 Å². The highest BCUT2D eigenvalue weighted by molar-refractivity contribution is 6.06. The van der Waals surface area contributed by atoms with Gasteiger partial charge in [0, 0.05) is 24.1 Å². The zero-order valence-electron chi connectivity index (χ0n) is 24.5. The van der Waals surface area contributed by atoms with Crippen LogP contribution in [-0.2, 0) is 15.8 Å². The molecule has 3 aromatic carbocycles. The number of carbonyl (C=O) groups excluding carboxylic acids is 2. The number of nitrogens with zero attached hydrogens (tertiary/aromatic N) is 1. The molecule has 3 aromatic rings. The lowest BCUT2D eigenvalue weighted by Crippen LogP contribution is -2.38. The van der Waals surface area contributed by atoms with Crippen LogP contribution in [-0.4, -0.2) is 25.9 Å². The first-order valence-electron chi connectivity index (χ1n) is 14.5. The van der Waals surface area contributed by atoms with Gasteiger partial charge in [-0.2, -0.15) is 13.2 Å². The Morgan fingerprint density at radius 2 is 1.63 bits per heavy atom. The number of halogens is 3. The molecular formula is C34H35F3N2O4. The van der Waals surface area contributed by atoms with E-state index in [1.165, 1.54) is 12.1 Å². The number of Topliss-reactive ketones (excluding diaryl/α,β-unsaturated/α-hetero) is 1. The number of benzene rings is 3. The lowest BCUT2D eigenvalue weighted by Gasteiger charge is -2.35. The van der Waals surface area contributed by atoms with Crippen molar-refractivity contribution in [1.29, 1.82) is 0 Å². The van der Waals surface area contributed by atoms with Crippen LogP contribution in [0.3, 0.4) is 0 Å². The largest absolute Gasteiger partial charge is 0.493 e. The normalized spacial score (nSPS) is 18.4. The molecule has 2 unspecified atom stereocenters. The van der Waals surface area contributed by atoms with Gasteiger partial charge in [-0.15, -0.1) is 0 Å². The Kier molecular flexibility index (Phi) is 8.80. The number of amides is 1. The highest BCUT2D eigenvalue weighted by Gasteiger charge is 2.42. The summed E-state index contributed by atoms with van der Waals surface area (Å²) in [6.07, 6.45) is -1.17. The number of allylic oxidation sites excluding steroid dienone is 1. The first kappa shape index (κ1) is 30.2. The SMILES string of the molecule is CCCCCC(=O)N1c2ccccc2NC2=C(C(=O)CC(c3ccc(OC)c(OC)c3)C2)C1c1ccc(C(F)(F)F)cc1. The Hall–Kier alpha value is -4.27. The number of hydrogen-bond donors (Lipinski definition) is 1. The molecule has 1 aliphatic carbocycles. The second-order valence-electron chi connectivity index (χ2n) is 10.9. The summed E-state index contributed by atoms with van der Waals surface area (Å²) in [5.74, 6) is 0.590. The van der Waals surface area contributed by atoms with Gasteiger partial charge in [-0.25, -0.2) is 0 Å². The second-order valence-corrected chi connectivity index (χ2v) is 10.9. The molecular weight excluding hydrogens is 557 g/mol. The molecule has 6 nitrogen and oxygen atoms in total. The lowest BCUT2D eigenvalue weighted by molar-refractivity contribution is -0.137. The van der Waals surface area contributed by atoms with Gasteiger partial charge in [-0.1, -0.05) is 50.1 Å². The highest BCUT2D eigenvalue weighted by atomic mass is 19.4. The Labute approximate surface area is 249 Å². The topological polar surface area (TPSA) is 67.9 Å². The summed E-state index contributed by atoms with van der Waals surface area (Å²) in [6.45, 7) is 2.05. The van der Waals surface area contributed by atoms with Crippen molar-refractivity contribution in [2.45, 2.75) is 63.6 Å². The van der Waals surface area contributed by atoms with Gasteiger partial charge < -0.3 is 14.8 Å². The van der Waals surface area contributed by atoms with E-state index in [-0.39, 0.29) is 30.4 Å².